The molecule has 0 saturated carbocycles. The maximum absolute atomic E-state index is 10.7. The standard InChI is InChI=1S/C6H14N2O2/c1-2-4-8-6(9)3-5-10-7/h2-5,7H2,1H3,(H,8,9). The molecular formula is C6H14N2O2. The van der Waals surface area contributed by atoms with E-state index in [9.17, 15) is 4.79 Å². The van der Waals surface area contributed by atoms with Gasteiger partial charge in [-0.1, -0.05) is 6.92 Å². The molecule has 0 aliphatic rings. The molecule has 0 heterocycles. The van der Waals surface area contributed by atoms with Gasteiger partial charge in [-0.15, -0.1) is 0 Å². The van der Waals surface area contributed by atoms with Crippen molar-refractivity contribution < 1.29 is 9.63 Å². The highest BCUT2D eigenvalue weighted by Gasteiger charge is 1.97. The summed E-state index contributed by atoms with van der Waals surface area (Å²) in [6.45, 7) is 3.01. The van der Waals surface area contributed by atoms with Crippen LogP contribution in [0.15, 0.2) is 0 Å². The number of hydrogen-bond donors (Lipinski definition) is 2. The molecule has 1 amide bonds. The number of nitrogens with one attached hydrogen (secondary N) is 1. The molecule has 0 aromatic carbocycles. The molecule has 0 rings (SSSR count). The van der Waals surface area contributed by atoms with E-state index in [1.165, 1.54) is 0 Å². The van der Waals surface area contributed by atoms with Gasteiger partial charge in [-0.25, -0.2) is 5.90 Å². The average molecular weight is 146 g/mol. The maximum Gasteiger partial charge on any atom is 0.222 e. The van der Waals surface area contributed by atoms with E-state index in [-0.39, 0.29) is 12.5 Å². The normalized spacial score (nSPS) is 9.40. The first kappa shape index (κ1) is 9.39. The highest BCUT2D eigenvalue weighted by Crippen LogP contribution is 1.79. The van der Waals surface area contributed by atoms with Gasteiger partial charge in [0, 0.05) is 6.54 Å². The van der Waals surface area contributed by atoms with Crippen LogP contribution in [-0.2, 0) is 9.63 Å². The predicted octanol–water partition coefficient (Wildman–Crippen LogP) is -0.207. The lowest BCUT2D eigenvalue weighted by atomic mass is 10.4. The largest absolute Gasteiger partial charge is 0.356 e. The summed E-state index contributed by atoms with van der Waals surface area (Å²) in [7, 11) is 0. The van der Waals surface area contributed by atoms with Gasteiger partial charge in [-0.2, -0.15) is 0 Å². The summed E-state index contributed by atoms with van der Waals surface area (Å²) in [5.74, 6) is 4.72. The van der Waals surface area contributed by atoms with Crippen molar-refractivity contribution in [1.82, 2.24) is 5.32 Å². The fourth-order valence-corrected chi connectivity index (χ4v) is 0.504. The molecule has 0 aliphatic carbocycles. The van der Waals surface area contributed by atoms with Crippen molar-refractivity contribution >= 4 is 5.91 Å². The number of carbonyl (C=O) groups is 1. The molecule has 0 aromatic heterocycles. The third kappa shape index (κ3) is 5.53. The molecular weight excluding hydrogens is 132 g/mol. The van der Waals surface area contributed by atoms with Gasteiger partial charge in [-0.3, -0.25) is 4.79 Å². The first-order valence-electron chi connectivity index (χ1n) is 3.39. The van der Waals surface area contributed by atoms with E-state index in [0.717, 1.165) is 13.0 Å². The van der Waals surface area contributed by atoms with Crippen molar-refractivity contribution in [2.75, 3.05) is 13.2 Å². The Balaban J connectivity index is 3.09. The van der Waals surface area contributed by atoms with E-state index in [1.54, 1.807) is 0 Å². The zero-order valence-electron chi connectivity index (χ0n) is 6.22. The minimum Gasteiger partial charge on any atom is -0.356 e. The van der Waals surface area contributed by atoms with Crippen molar-refractivity contribution in [2.24, 2.45) is 5.90 Å². The van der Waals surface area contributed by atoms with Crippen LogP contribution in [0.1, 0.15) is 19.8 Å². The molecule has 0 atom stereocenters. The van der Waals surface area contributed by atoms with Gasteiger partial charge in [0.1, 0.15) is 0 Å². The lowest BCUT2D eigenvalue weighted by molar-refractivity contribution is -0.122. The van der Waals surface area contributed by atoms with Crippen molar-refractivity contribution in [2.45, 2.75) is 19.8 Å². The van der Waals surface area contributed by atoms with E-state index in [0.29, 0.717) is 6.42 Å². The van der Waals surface area contributed by atoms with Crippen molar-refractivity contribution in [3.63, 3.8) is 0 Å². The number of amides is 1. The fourth-order valence-electron chi connectivity index (χ4n) is 0.504. The minimum atomic E-state index is -0.00713. The van der Waals surface area contributed by atoms with Crippen LogP contribution in [0.2, 0.25) is 0 Å². The van der Waals surface area contributed by atoms with E-state index < -0.39 is 0 Å². The Kier molecular flexibility index (Phi) is 6.11. The summed E-state index contributed by atoms with van der Waals surface area (Å²) in [5.41, 5.74) is 0. The predicted molar refractivity (Wildman–Crippen MR) is 38.1 cm³/mol. The molecule has 0 unspecified atom stereocenters. The van der Waals surface area contributed by atoms with Crippen LogP contribution in [0.25, 0.3) is 0 Å². The van der Waals surface area contributed by atoms with Gasteiger partial charge in [0.2, 0.25) is 5.91 Å². The van der Waals surface area contributed by atoms with Crippen molar-refractivity contribution in [1.29, 1.82) is 0 Å². The molecule has 0 fully saturated rings. The molecule has 3 N–H and O–H groups in total. The van der Waals surface area contributed by atoms with E-state index in [4.69, 9.17) is 5.90 Å². The summed E-state index contributed by atoms with van der Waals surface area (Å²) < 4.78 is 0. The van der Waals surface area contributed by atoms with Crippen LogP contribution >= 0.6 is 0 Å². The summed E-state index contributed by atoms with van der Waals surface area (Å²) in [4.78, 5) is 14.9. The second kappa shape index (κ2) is 6.51. The number of nitrogens with two attached hydrogens (primary N) is 1. The highest BCUT2D eigenvalue weighted by molar-refractivity contribution is 5.75. The van der Waals surface area contributed by atoms with Crippen molar-refractivity contribution in [3.8, 4) is 0 Å². The van der Waals surface area contributed by atoms with Crippen LogP contribution in [-0.4, -0.2) is 19.1 Å². The fraction of sp³-hybridized carbons (Fsp3) is 0.833. The minimum absolute atomic E-state index is 0.00713. The maximum atomic E-state index is 10.7. The van der Waals surface area contributed by atoms with Crippen LogP contribution in [0.4, 0.5) is 0 Å². The highest BCUT2D eigenvalue weighted by atomic mass is 16.6. The first-order valence-corrected chi connectivity index (χ1v) is 3.39. The second-order valence-electron chi connectivity index (χ2n) is 1.97. The summed E-state index contributed by atoms with van der Waals surface area (Å²) in [5, 5.41) is 2.69. The van der Waals surface area contributed by atoms with E-state index in [1.807, 2.05) is 6.92 Å². The monoisotopic (exact) mass is 146 g/mol. The molecule has 4 heteroatoms. The van der Waals surface area contributed by atoms with E-state index in [2.05, 4.69) is 10.2 Å². The van der Waals surface area contributed by atoms with Crippen LogP contribution in [0, 0.1) is 0 Å². The van der Waals surface area contributed by atoms with Gasteiger partial charge < -0.3 is 10.2 Å². The quantitative estimate of drug-likeness (QED) is 0.527. The SMILES string of the molecule is CCCNC(=O)CCON. The van der Waals surface area contributed by atoms with E-state index >= 15 is 0 Å². The first-order chi connectivity index (χ1) is 4.81. The third-order valence-corrected chi connectivity index (χ3v) is 1.02. The zero-order valence-corrected chi connectivity index (χ0v) is 6.22. The number of hydrogen-bond acceptors (Lipinski definition) is 3. The molecule has 0 bridgehead atoms. The molecule has 10 heavy (non-hydrogen) atoms. The Bertz CT molecular complexity index is 85.7. The van der Waals surface area contributed by atoms with Crippen LogP contribution < -0.4 is 11.2 Å². The molecule has 0 spiro atoms. The summed E-state index contributed by atoms with van der Waals surface area (Å²) >= 11 is 0. The molecule has 0 aliphatic heterocycles. The van der Waals surface area contributed by atoms with Gasteiger partial charge in [0.05, 0.1) is 13.0 Å². The third-order valence-electron chi connectivity index (χ3n) is 1.02. The Morgan fingerprint density at radius 3 is 2.90 bits per heavy atom. The Hall–Kier alpha value is -0.610. The van der Waals surface area contributed by atoms with Gasteiger partial charge in [0.15, 0.2) is 0 Å². The Labute approximate surface area is 60.7 Å². The lowest BCUT2D eigenvalue weighted by Gasteiger charge is -2.00. The van der Waals surface area contributed by atoms with Gasteiger partial charge >= 0.3 is 0 Å². The summed E-state index contributed by atoms with van der Waals surface area (Å²) in [6, 6.07) is 0. The zero-order chi connectivity index (χ0) is 7.82. The van der Waals surface area contributed by atoms with Crippen LogP contribution in [0.5, 0.6) is 0 Å². The van der Waals surface area contributed by atoms with Crippen LogP contribution in [0.3, 0.4) is 0 Å². The molecule has 60 valence electrons. The van der Waals surface area contributed by atoms with Crippen molar-refractivity contribution in [3.05, 3.63) is 0 Å². The smallest absolute Gasteiger partial charge is 0.222 e. The second-order valence-corrected chi connectivity index (χ2v) is 1.97. The lowest BCUT2D eigenvalue weighted by Crippen LogP contribution is -2.25. The Morgan fingerprint density at radius 1 is 1.70 bits per heavy atom. The molecule has 0 radical (unpaired) electrons. The average Bonchev–Trinajstić information content (AvgIpc) is 1.97. The molecule has 0 aromatic rings. The molecule has 0 saturated heterocycles. The number of carbonyl (C=O) groups excluding carboxylic acids is 1. The summed E-state index contributed by atoms with van der Waals surface area (Å²) in [6.07, 6.45) is 1.30. The van der Waals surface area contributed by atoms with Gasteiger partial charge in [-0.05, 0) is 6.42 Å². The number of rotatable bonds is 5. The topological polar surface area (TPSA) is 64.3 Å². The Morgan fingerprint density at radius 2 is 2.40 bits per heavy atom. The van der Waals surface area contributed by atoms with Gasteiger partial charge in [0.25, 0.3) is 0 Å². The molecule has 4 nitrogen and oxygen atoms in total.